The minimum atomic E-state index is 0.163. The molecule has 0 spiro atoms. The zero-order valence-electron chi connectivity index (χ0n) is 15.0. The largest absolute Gasteiger partial charge is 0.355 e. The van der Waals surface area contributed by atoms with Gasteiger partial charge in [0.2, 0.25) is 0 Å². The maximum atomic E-state index is 4.34. The molecular formula is C16H35N5. The number of hydrogen-bond acceptors (Lipinski definition) is 3. The normalized spacial score (nSPS) is 24.7. The highest BCUT2D eigenvalue weighted by atomic mass is 15.3. The van der Waals surface area contributed by atoms with Crippen LogP contribution in [0.3, 0.4) is 0 Å². The quantitative estimate of drug-likeness (QED) is 0.406. The first kappa shape index (κ1) is 18.2. The van der Waals surface area contributed by atoms with E-state index in [9.17, 15) is 0 Å². The summed E-state index contributed by atoms with van der Waals surface area (Å²) in [5.41, 5.74) is 0.163. The third-order valence-electron chi connectivity index (χ3n) is 3.99. The lowest BCUT2D eigenvalue weighted by Gasteiger charge is -2.23. The Hall–Kier alpha value is -0.810. The van der Waals surface area contributed by atoms with Crippen molar-refractivity contribution in [2.45, 2.75) is 59.2 Å². The average Bonchev–Trinajstić information content (AvgIpc) is 2.73. The van der Waals surface area contributed by atoms with Crippen LogP contribution in [0.4, 0.5) is 0 Å². The molecule has 2 atom stereocenters. The molecule has 124 valence electrons. The molecule has 0 aliphatic carbocycles. The Morgan fingerprint density at radius 1 is 1.24 bits per heavy atom. The molecule has 3 N–H and O–H groups in total. The second kappa shape index (κ2) is 7.99. The standard InChI is InChI=1S/C16H35N5/c1-12(2)21-10-13(3)14(11-21)20-15(17-7)18-8-9-19-16(4,5)6/h12-14,19H,8-11H2,1-7H3,(H2,17,18,20). The van der Waals surface area contributed by atoms with Gasteiger partial charge in [0.15, 0.2) is 5.96 Å². The fourth-order valence-corrected chi connectivity index (χ4v) is 2.60. The summed E-state index contributed by atoms with van der Waals surface area (Å²) in [4.78, 5) is 6.86. The van der Waals surface area contributed by atoms with Crippen LogP contribution in [0, 0.1) is 5.92 Å². The van der Waals surface area contributed by atoms with Gasteiger partial charge in [-0.25, -0.2) is 0 Å². The van der Waals surface area contributed by atoms with Crippen LogP contribution >= 0.6 is 0 Å². The summed E-state index contributed by atoms with van der Waals surface area (Å²) in [6.07, 6.45) is 0. The third-order valence-corrected chi connectivity index (χ3v) is 3.99. The van der Waals surface area contributed by atoms with Gasteiger partial charge in [-0.05, 0) is 40.5 Å². The van der Waals surface area contributed by atoms with Crippen molar-refractivity contribution in [3.05, 3.63) is 0 Å². The summed E-state index contributed by atoms with van der Waals surface area (Å²) in [7, 11) is 1.84. The van der Waals surface area contributed by atoms with E-state index in [1.807, 2.05) is 7.05 Å². The summed E-state index contributed by atoms with van der Waals surface area (Å²) in [5, 5.41) is 10.4. The van der Waals surface area contributed by atoms with Crippen LogP contribution in [0.15, 0.2) is 4.99 Å². The number of hydrogen-bond donors (Lipinski definition) is 3. The number of nitrogens with zero attached hydrogens (tertiary/aromatic N) is 2. The Labute approximate surface area is 131 Å². The molecule has 0 amide bonds. The van der Waals surface area contributed by atoms with Gasteiger partial charge >= 0.3 is 0 Å². The first-order valence-electron chi connectivity index (χ1n) is 8.19. The zero-order valence-corrected chi connectivity index (χ0v) is 15.0. The maximum absolute atomic E-state index is 4.34. The van der Waals surface area contributed by atoms with E-state index in [1.165, 1.54) is 0 Å². The second-order valence-corrected chi connectivity index (χ2v) is 7.45. The van der Waals surface area contributed by atoms with E-state index in [0.29, 0.717) is 18.0 Å². The zero-order chi connectivity index (χ0) is 16.0. The fourth-order valence-electron chi connectivity index (χ4n) is 2.60. The van der Waals surface area contributed by atoms with Crippen molar-refractivity contribution in [1.29, 1.82) is 0 Å². The summed E-state index contributed by atoms with van der Waals surface area (Å²) in [6.45, 7) is 17.5. The van der Waals surface area contributed by atoms with Gasteiger partial charge in [-0.2, -0.15) is 0 Å². The van der Waals surface area contributed by atoms with Crippen LogP contribution in [0.2, 0.25) is 0 Å². The smallest absolute Gasteiger partial charge is 0.191 e. The van der Waals surface area contributed by atoms with Gasteiger partial charge in [0.25, 0.3) is 0 Å². The molecule has 1 fully saturated rings. The topological polar surface area (TPSA) is 51.7 Å². The Kier molecular flexibility index (Phi) is 6.94. The van der Waals surface area contributed by atoms with Crippen molar-refractivity contribution < 1.29 is 0 Å². The average molecular weight is 297 g/mol. The molecule has 2 unspecified atom stereocenters. The summed E-state index contributed by atoms with van der Waals surface area (Å²) in [6, 6.07) is 1.10. The van der Waals surface area contributed by atoms with Gasteiger partial charge in [0, 0.05) is 50.8 Å². The Morgan fingerprint density at radius 2 is 1.90 bits per heavy atom. The minimum absolute atomic E-state index is 0.163. The van der Waals surface area contributed by atoms with E-state index in [1.54, 1.807) is 0 Å². The maximum Gasteiger partial charge on any atom is 0.191 e. The van der Waals surface area contributed by atoms with Gasteiger partial charge in [0.1, 0.15) is 0 Å². The molecule has 0 bridgehead atoms. The SMILES string of the molecule is CN=C(NCCNC(C)(C)C)NC1CN(C(C)C)CC1C. The molecule has 1 rings (SSSR count). The molecule has 1 saturated heterocycles. The van der Waals surface area contributed by atoms with E-state index in [2.05, 4.69) is 67.4 Å². The number of guanidine groups is 1. The first-order chi connectivity index (χ1) is 9.73. The van der Waals surface area contributed by atoms with Gasteiger partial charge < -0.3 is 16.0 Å². The van der Waals surface area contributed by atoms with Gasteiger partial charge in [-0.15, -0.1) is 0 Å². The van der Waals surface area contributed by atoms with Crippen molar-refractivity contribution >= 4 is 5.96 Å². The molecule has 21 heavy (non-hydrogen) atoms. The van der Waals surface area contributed by atoms with Crippen LogP contribution in [0.25, 0.3) is 0 Å². The van der Waals surface area contributed by atoms with E-state index in [0.717, 1.165) is 32.1 Å². The monoisotopic (exact) mass is 297 g/mol. The summed E-state index contributed by atoms with van der Waals surface area (Å²) >= 11 is 0. The van der Waals surface area contributed by atoms with Crippen LogP contribution in [0.1, 0.15) is 41.5 Å². The predicted molar refractivity (Wildman–Crippen MR) is 91.9 cm³/mol. The molecule has 0 aromatic carbocycles. The molecular weight excluding hydrogens is 262 g/mol. The van der Waals surface area contributed by atoms with Crippen LogP contribution in [0.5, 0.6) is 0 Å². The lowest BCUT2D eigenvalue weighted by Crippen LogP contribution is -2.49. The van der Waals surface area contributed by atoms with Crippen molar-refractivity contribution in [3.63, 3.8) is 0 Å². The molecule has 1 heterocycles. The molecule has 0 aromatic rings. The molecule has 1 aliphatic heterocycles. The van der Waals surface area contributed by atoms with Crippen LogP contribution in [-0.4, -0.2) is 61.7 Å². The molecule has 1 aliphatic rings. The van der Waals surface area contributed by atoms with Gasteiger partial charge in [-0.3, -0.25) is 9.89 Å². The molecule has 0 aromatic heterocycles. The number of rotatable bonds is 5. The molecule has 5 heteroatoms. The summed E-state index contributed by atoms with van der Waals surface area (Å²) in [5.74, 6) is 1.56. The van der Waals surface area contributed by atoms with Crippen LogP contribution in [-0.2, 0) is 0 Å². The van der Waals surface area contributed by atoms with Gasteiger partial charge in [-0.1, -0.05) is 6.92 Å². The predicted octanol–water partition coefficient (Wildman–Crippen LogP) is 1.27. The minimum Gasteiger partial charge on any atom is -0.355 e. The third kappa shape index (κ3) is 6.66. The van der Waals surface area contributed by atoms with E-state index < -0.39 is 0 Å². The molecule has 0 radical (unpaired) electrons. The summed E-state index contributed by atoms with van der Waals surface area (Å²) < 4.78 is 0. The van der Waals surface area contributed by atoms with E-state index >= 15 is 0 Å². The van der Waals surface area contributed by atoms with Crippen molar-refractivity contribution in [2.24, 2.45) is 10.9 Å². The number of likely N-dealkylation sites (tertiary alicyclic amines) is 1. The highest BCUT2D eigenvalue weighted by Gasteiger charge is 2.31. The van der Waals surface area contributed by atoms with Crippen molar-refractivity contribution in [2.75, 3.05) is 33.2 Å². The van der Waals surface area contributed by atoms with E-state index in [-0.39, 0.29) is 5.54 Å². The Bertz CT molecular complexity index is 332. The van der Waals surface area contributed by atoms with Crippen molar-refractivity contribution in [3.8, 4) is 0 Å². The highest BCUT2D eigenvalue weighted by molar-refractivity contribution is 5.80. The Balaban J connectivity index is 2.34. The molecule has 0 saturated carbocycles. The lowest BCUT2D eigenvalue weighted by molar-refractivity contribution is 0.265. The second-order valence-electron chi connectivity index (χ2n) is 7.45. The molecule has 5 nitrogen and oxygen atoms in total. The highest BCUT2D eigenvalue weighted by Crippen LogP contribution is 2.18. The van der Waals surface area contributed by atoms with Gasteiger partial charge in [0.05, 0.1) is 0 Å². The first-order valence-corrected chi connectivity index (χ1v) is 8.19. The lowest BCUT2D eigenvalue weighted by atomic mass is 10.1. The Morgan fingerprint density at radius 3 is 2.38 bits per heavy atom. The van der Waals surface area contributed by atoms with E-state index in [4.69, 9.17) is 0 Å². The van der Waals surface area contributed by atoms with Crippen molar-refractivity contribution in [1.82, 2.24) is 20.9 Å². The van der Waals surface area contributed by atoms with Crippen LogP contribution < -0.4 is 16.0 Å². The number of nitrogens with one attached hydrogen (secondary N) is 3. The fraction of sp³-hybridized carbons (Fsp3) is 0.938. The number of aliphatic imine (C=N–C) groups is 1.